The van der Waals surface area contributed by atoms with Crippen molar-refractivity contribution in [3.05, 3.63) is 70.5 Å². The lowest BCUT2D eigenvalue weighted by molar-refractivity contribution is 0.408. The van der Waals surface area contributed by atoms with E-state index in [1.165, 1.54) is 0 Å². The summed E-state index contributed by atoms with van der Waals surface area (Å²) in [6.07, 6.45) is 0. The van der Waals surface area contributed by atoms with Crippen LogP contribution in [0, 0.1) is 0 Å². The number of hydrogen-bond acceptors (Lipinski definition) is 3. The van der Waals surface area contributed by atoms with Crippen molar-refractivity contribution in [2.75, 3.05) is 12.8 Å². The fourth-order valence-electron chi connectivity index (χ4n) is 2.48. The lowest BCUT2D eigenvalue weighted by atomic mass is 10.1. The first kappa shape index (κ1) is 13.2. The number of nitrogens with zero attached hydrogens (tertiary/aromatic N) is 1. The second kappa shape index (κ2) is 5.32. The maximum Gasteiger partial charge on any atom is 0.260 e. The van der Waals surface area contributed by atoms with Crippen LogP contribution in [0.1, 0.15) is 5.56 Å². The number of pyridine rings is 1. The zero-order valence-electron chi connectivity index (χ0n) is 11.7. The predicted molar refractivity (Wildman–Crippen MR) is 84.7 cm³/mol. The first-order valence-corrected chi connectivity index (χ1v) is 6.70. The van der Waals surface area contributed by atoms with Gasteiger partial charge in [-0.25, -0.2) is 0 Å². The van der Waals surface area contributed by atoms with Gasteiger partial charge in [0, 0.05) is 10.9 Å². The van der Waals surface area contributed by atoms with Crippen LogP contribution in [0.4, 0.5) is 5.82 Å². The molecule has 0 aliphatic carbocycles. The average molecular weight is 280 g/mol. The van der Waals surface area contributed by atoms with Crippen LogP contribution >= 0.6 is 0 Å². The minimum absolute atomic E-state index is 0.0866. The molecule has 4 nitrogen and oxygen atoms in total. The van der Waals surface area contributed by atoms with E-state index in [0.717, 1.165) is 16.7 Å². The largest absolute Gasteiger partial charge is 0.496 e. The van der Waals surface area contributed by atoms with Crippen LogP contribution in [0.15, 0.2) is 59.4 Å². The third-order valence-corrected chi connectivity index (χ3v) is 3.57. The monoisotopic (exact) mass is 280 g/mol. The number of aromatic nitrogens is 1. The third kappa shape index (κ3) is 2.36. The van der Waals surface area contributed by atoms with E-state index in [9.17, 15) is 4.79 Å². The van der Waals surface area contributed by atoms with Gasteiger partial charge in [-0.1, -0.05) is 36.4 Å². The molecule has 2 N–H and O–H groups in total. The number of nitrogen functional groups attached to an aromatic ring is 1. The molecule has 0 spiro atoms. The van der Waals surface area contributed by atoms with E-state index >= 15 is 0 Å². The number of methoxy groups -OCH3 is 1. The van der Waals surface area contributed by atoms with Gasteiger partial charge >= 0.3 is 0 Å². The first-order valence-electron chi connectivity index (χ1n) is 6.70. The Bertz CT molecular complexity index is 853. The summed E-state index contributed by atoms with van der Waals surface area (Å²) in [6.45, 7) is 0.388. The van der Waals surface area contributed by atoms with Gasteiger partial charge in [0.05, 0.1) is 13.7 Å². The van der Waals surface area contributed by atoms with Crippen molar-refractivity contribution in [1.29, 1.82) is 0 Å². The molecule has 0 amide bonds. The van der Waals surface area contributed by atoms with Crippen LogP contribution in [0.5, 0.6) is 5.75 Å². The van der Waals surface area contributed by atoms with Crippen molar-refractivity contribution in [1.82, 2.24) is 4.57 Å². The molecular weight excluding hydrogens is 264 g/mol. The van der Waals surface area contributed by atoms with Crippen LogP contribution < -0.4 is 16.0 Å². The molecule has 0 saturated carbocycles. The summed E-state index contributed by atoms with van der Waals surface area (Å²) in [6, 6.07) is 16.9. The molecular formula is C17H16N2O2. The summed E-state index contributed by atoms with van der Waals surface area (Å²) in [7, 11) is 1.62. The average Bonchev–Trinajstić information content (AvgIpc) is 2.52. The molecule has 3 rings (SSSR count). The molecule has 0 saturated heterocycles. The Labute approximate surface area is 122 Å². The minimum Gasteiger partial charge on any atom is -0.496 e. The minimum atomic E-state index is -0.0866. The van der Waals surface area contributed by atoms with Gasteiger partial charge < -0.3 is 10.5 Å². The van der Waals surface area contributed by atoms with Crippen LogP contribution in [0.3, 0.4) is 0 Å². The van der Waals surface area contributed by atoms with Gasteiger partial charge in [-0.2, -0.15) is 0 Å². The molecule has 4 heteroatoms. The Morgan fingerprint density at radius 3 is 2.62 bits per heavy atom. The zero-order chi connectivity index (χ0) is 14.8. The van der Waals surface area contributed by atoms with Gasteiger partial charge in [0.25, 0.3) is 5.56 Å². The molecule has 0 atom stereocenters. The Hall–Kier alpha value is -2.75. The first-order chi connectivity index (χ1) is 10.2. The van der Waals surface area contributed by atoms with Crippen molar-refractivity contribution < 1.29 is 4.74 Å². The molecule has 0 aliphatic heterocycles. The van der Waals surface area contributed by atoms with Crippen molar-refractivity contribution in [2.24, 2.45) is 0 Å². The molecule has 0 fully saturated rings. The molecule has 21 heavy (non-hydrogen) atoms. The molecule has 0 unspecified atom stereocenters. The molecule has 1 heterocycles. The number of rotatable bonds is 3. The Balaban J connectivity index is 2.15. The SMILES string of the molecule is COc1ccccc1Cn1c(N)cc2ccccc2c1=O. The smallest absolute Gasteiger partial charge is 0.260 e. The van der Waals surface area contributed by atoms with Crippen LogP contribution in [-0.4, -0.2) is 11.7 Å². The normalized spacial score (nSPS) is 10.7. The molecule has 1 aromatic heterocycles. The number of fused-ring (bicyclic) bond motifs is 1. The molecule has 0 bridgehead atoms. The van der Waals surface area contributed by atoms with Gasteiger partial charge in [0.2, 0.25) is 0 Å². The van der Waals surface area contributed by atoms with Crippen LogP contribution in [0.25, 0.3) is 10.8 Å². The number of nitrogens with two attached hydrogens (primary N) is 1. The highest BCUT2D eigenvalue weighted by Crippen LogP contribution is 2.20. The standard InChI is InChI=1S/C17H16N2O2/c1-21-15-9-5-3-7-13(15)11-19-16(18)10-12-6-2-4-8-14(12)17(19)20/h2-10H,11,18H2,1H3. The van der Waals surface area contributed by atoms with Crippen molar-refractivity contribution >= 4 is 16.6 Å². The van der Waals surface area contributed by atoms with E-state index in [0.29, 0.717) is 17.7 Å². The van der Waals surface area contributed by atoms with Crippen molar-refractivity contribution in [2.45, 2.75) is 6.54 Å². The van der Waals surface area contributed by atoms with E-state index in [2.05, 4.69) is 0 Å². The predicted octanol–water partition coefficient (Wildman–Crippen LogP) is 2.64. The number of hydrogen-bond donors (Lipinski definition) is 1. The van der Waals surface area contributed by atoms with Crippen molar-refractivity contribution in [3.63, 3.8) is 0 Å². The number of benzene rings is 2. The highest BCUT2D eigenvalue weighted by atomic mass is 16.5. The summed E-state index contributed by atoms with van der Waals surface area (Å²) >= 11 is 0. The van der Waals surface area contributed by atoms with Gasteiger partial charge in [0.15, 0.2) is 0 Å². The van der Waals surface area contributed by atoms with Crippen LogP contribution in [0.2, 0.25) is 0 Å². The lowest BCUT2D eigenvalue weighted by Crippen LogP contribution is -2.23. The van der Waals surface area contributed by atoms with E-state index in [1.807, 2.05) is 54.6 Å². The molecule has 0 radical (unpaired) electrons. The van der Waals surface area contributed by atoms with Gasteiger partial charge in [-0.15, -0.1) is 0 Å². The Morgan fingerprint density at radius 1 is 1.10 bits per heavy atom. The van der Waals surface area contributed by atoms with E-state index < -0.39 is 0 Å². The topological polar surface area (TPSA) is 57.2 Å². The maximum absolute atomic E-state index is 12.6. The van der Waals surface area contributed by atoms with E-state index in [-0.39, 0.29) is 5.56 Å². The van der Waals surface area contributed by atoms with Gasteiger partial charge in [0.1, 0.15) is 11.6 Å². The van der Waals surface area contributed by atoms with Crippen LogP contribution in [-0.2, 0) is 6.54 Å². The fraction of sp³-hybridized carbons (Fsp3) is 0.118. The summed E-state index contributed by atoms with van der Waals surface area (Å²) in [5.74, 6) is 1.20. The lowest BCUT2D eigenvalue weighted by Gasteiger charge is -2.13. The summed E-state index contributed by atoms with van der Waals surface area (Å²) in [5.41, 5.74) is 6.88. The fourth-order valence-corrected chi connectivity index (χ4v) is 2.48. The highest BCUT2D eigenvalue weighted by Gasteiger charge is 2.09. The number of para-hydroxylation sites is 1. The molecule has 106 valence electrons. The second-order valence-corrected chi connectivity index (χ2v) is 4.86. The summed E-state index contributed by atoms with van der Waals surface area (Å²) in [5, 5.41) is 1.53. The summed E-state index contributed by atoms with van der Waals surface area (Å²) in [4.78, 5) is 12.6. The zero-order valence-corrected chi connectivity index (χ0v) is 11.7. The third-order valence-electron chi connectivity index (χ3n) is 3.57. The van der Waals surface area contributed by atoms with Crippen molar-refractivity contribution in [3.8, 4) is 5.75 Å². The Kier molecular flexibility index (Phi) is 3.36. The highest BCUT2D eigenvalue weighted by molar-refractivity contribution is 5.83. The quantitative estimate of drug-likeness (QED) is 0.802. The van der Waals surface area contributed by atoms with Gasteiger partial charge in [-0.3, -0.25) is 9.36 Å². The number of anilines is 1. The van der Waals surface area contributed by atoms with Gasteiger partial charge in [-0.05, 0) is 23.6 Å². The number of ether oxygens (including phenoxy) is 1. The van der Waals surface area contributed by atoms with E-state index in [4.69, 9.17) is 10.5 Å². The molecule has 0 aliphatic rings. The second-order valence-electron chi connectivity index (χ2n) is 4.86. The molecule has 2 aromatic carbocycles. The Morgan fingerprint density at radius 2 is 1.81 bits per heavy atom. The van der Waals surface area contributed by atoms with E-state index in [1.54, 1.807) is 11.7 Å². The molecule has 3 aromatic rings. The maximum atomic E-state index is 12.6. The summed E-state index contributed by atoms with van der Waals surface area (Å²) < 4.78 is 6.90.